The molecule has 1 atom stereocenters. The van der Waals surface area contributed by atoms with E-state index in [9.17, 15) is 9.90 Å². The summed E-state index contributed by atoms with van der Waals surface area (Å²) < 4.78 is 0. The Hall–Kier alpha value is -1.55. The second-order valence-electron chi connectivity index (χ2n) is 4.86. The Bertz CT molecular complexity index is 397. The van der Waals surface area contributed by atoms with E-state index >= 15 is 0 Å². The molecule has 2 N–H and O–H groups in total. The van der Waals surface area contributed by atoms with Gasteiger partial charge in [0.15, 0.2) is 0 Å². The van der Waals surface area contributed by atoms with Gasteiger partial charge < -0.3 is 15.3 Å². The fraction of sp³-hybridized carbons (Fsp3) is 0.500. The van der Waals surface area contributed by atoms with E-state index in [1.54, 1.807) is 17.0 Å². The molecule has 2 rings (SSSR count). The van der Waals surface area contributed by atoms with E-state index in [2.05, 4.69) is 5.32 Å². The molecule has 0 saturated carbocycles. The Morgan fingerprint density at radius 3 is 2.72 bits per heavy atom. The van der Waals surface area contributed by atoms with E-state index in [1.807, 2.05) is 19.2 Å². The molecule has 1 aromatic rings. The lowest BCUT2D eigenvalue weighted by Gasteiger charge is -2.27. The Morgan fingerprint density at radius 1 is 1.39 bits per heavy atom. The van der Waals surface area contributed by atoms with Crippen LogP contribution < -0.4 is 5.32 Å². The second kappa shape index (κ2) is 5.87. The number of likely N-dealkylation sites (N-methyl/N-ethyl adjacent to an activating group) is 1. The van der Waals surface area contributed by atoms with Gasteiger partial charge in [0.1, 0.15) is 5.75 Å². The smallest absolute Gasteiger partial charge is 0.239 e. The van der Waals surface area contributed by atoms with Crippen LogP contribution in [0.15, 0.2) is 24.3 Å². The number of phenolic OH excluding ortho intramolecular Hbond substituents is 1. The molecule has 4 nitrogen and oxygen atoms in total. The molecule has 18 heavy (non-hydrogen) atoms. The number of nitrogens with one attached hydrogen (secondary N) is 1. The Labute approximate surface area is 108 Å². The maximum Gasteiger partial charge on any atom is 0.239 e. The topological polar surface area (TPSA) is 52.6 Å². The number of amides is 1. The van der Waals surface area contributed by atoms with Crippen LogP contribution in [0.1, 0.15) is 24.8 Å². The van der Waals surface area contributed by atoms with Crippen molar-refractivity contribution in [3.05, 3.63) is 29.8 Å². The number of carbonyl (C=O) groups is 1. The number of carbonyl (C=O) groups excluding carboxylic acids is 1. The van der Waals surface area contributed by atoms with E-state index in [0.29, 0.717) is 6.54 Å². The number of hydrogen-bond donors (Lipinski definition) is 2. The number of rotatable bonds is 3. The number of phenols is 1. The first-order chi connectivity index (χ1) is 8.66. The summed E-state index contributed by atoms with van der Waals surface area (Å²) in [5.41, 5.74) is 1.03. The number of hydrogen-bond acceptors (Lipinski definition) is 3. The highest BCUT2D eigenvalue weighted by atomic mass is 16.3. The van der Waals surface area contributed by atoms with Crippen molar-refractivity contribution in [2.24, 2.45) is 0 Å². The fourth-order valence-electron chi connectivity index (χ4n) is 2.28. The van der Waals surface area contributed by atoms with Gasteiger partial charge in [0, 0.05) is 13.6 Å². The Morgan fingerprint density at radius 2 is 2.11 bits per heavy atom. The highest BCUT2D eigenvalue weighted by molar-refractivity contribution is 5.81. The van der Waals surface area contributed by atoms with Crippen LogP contribution in [-0.2, 0) is 11.3 Å². The first kappa shape index (κ1) is 12.9. The summed E-state index contributed by atoms with van der Waals surface area (Å²) in [5.74, 6) is 0.407. The van der Waals surface area contributed by atoms with Gasteiger partial charge in [-0.1, -0.05) is 18.6 Å². The molecule has 1 saturated heterocycles. The Balaban J connectivity index is 1.92. The lowest BCUT2D eigenvalue weighted by molar-refractivity contribution is -0.133. The van der Waals surface area contributed by atoms with Crippen molar-refractivity contribution in [1.29, 1.82) is 0 Å². The normalized spacial score (nSPS) is 19.5. The summed E-state index contributed by atoms with van der Waals surface area (Å²) in [4.78, 5) is 13.9. The molecule has 0 aromatic heterocycles. The predicted molar refractivity (Wildman–Crippen MR) is 70.2 cm³/mol. The van der Waals surface area contributed by atoms with Crippen LogP contribution >= 0.6 is 0 Å². The number of aromatic hydroxyl groups is 1. The molecule has 1 heterocycles. The molecule has 98 valence electrons. The van der Waals surface area contributed by atoms with Gasteiger partial charge >= 0.3 is 0 Å². The predicted octanol–water partition coefficient (Wildman–Crippen LogP) is 1.49. The lowest BCUT2D eigenvalue weighted by Crippen LogP contribution is -2.46. The molecule has 1 aliphatic rings. The zero-order valence-corrected chi connectivity index (χ0v) is 10.7. The van der Waals surface area contributed by atoms with Gasteiger partial charge in [0.2, 0.25) is 5.91 Å². The Kier molecular flexibility index (Phi) is 4.20. The molecule has 4 heteroatoms. The molecule has 1 aromatic carbocycles. The summed E-state index contributed by atoms with van der Waals surface area (Å²) in [6.45, 7) is 1.51. The maximum absolute atomic E-state index is 12.2. The highest BCUT2D eigenvalue weighted by Gasteiger charge is 2.23. The summed E-state index contributed by atoms with van der Waals surface area (Å²) in [6, 6.07) is 6.95. The molecule has 0 aliphatic carbocycles. The number of piperidine rings is 1. The number of benzene rings is 1. The SMILES string of the molecule is CN(Cc1ccc(O)cc1)C(=O)[C@@H]1CCCCN1. The quantitative estimate of drug-likeness (QED) is 0.852. The monoisotopic (exact) mass is 248 g/mol. The number of nitrogens with zero attached hydrogens (tertiary/aromatic N) is 1. The van der Waals surface area contributed by atoms with Crippen LogP contribution in [0.4, 0.5) is 0 Å². The van der Waals surface area contributed by atoms with Gasteiger partial charge in [-0.05, 0) is 37.1 Å². The first-order valence-corrected chi connectivity index (χ1v) is 6.43. The third kappa shape index (κ3) is 3.23. The van der Waals surface area contributed by atoms with E-state index in [-0.39, 0.29) is 17.7 Å². The van der Waals surface area contributed by atoms with Crippen LogP contribution in [0.3, 0.4) is 0 Å². The molecule has 1 fully saturated rings. The standard InChI is InChI=1S/C14H20N2O2/c1-16(10-11-5-7-12(17)8-6-11)14(18)13-4-2-3-9-15-13/h5-8,13,15,17H,2-4,9-10H2,1H3/t13-/m0/s1. The third-order valence-electron chi connectivity index (χ3n) is 3.34. The average Bonchev–Trinajstić information content (AvgIpc) is 2.41. The largest absolute Gasteiger partial charge is 0.508 e. The van der Waals surface area contributed by atoms with Crippen LogP contribution in [-0.4, -0.2) is 35.5 Å². The van der Waals surface area contributed by atoms with E-state index < -0.39 is 0 Å². The van der Waals surface area contributed by atoms with Crippen LogP contribution in [0.5, 0.6) is 5.75 Å². The molecule has 0 unspecified atom stereocenters. The zero-order valence-electron chi connectivity index (χ0n) is 10.7. The van der Waals surface area contributed by atoms with Gasteiger partial charge in [-0.3, -0.25) is 4.79 Å². The van der Waals surface area contributed by atoms with E-state index in [4.69, 9.17) is 0 Å². The fourth-order valence-corrected chi connectivity index (χ4v) is 2.28. The van der Waals surface area contributed by atoms with Gasteiger partial charge in [0.05, 0.1) is 6.04 Å². The van der Waals surface area contributed by atoms with Crippen molar-refractivity contribution < 1.29 is 9.90 Å². The van der Waals surface area contributed by atoms with Crippen LogP contribution in [0.2, 0.25) is 0 Å². The minimum atomic E-state index is -0.0270. The summed E-state index contributed by atoms with van der Waals surface area (Å²) in [7, 11) is 1.82. The summed E-state index contributed by atoms with van der Waals surface area (Å²) in [5, 5.41) is 12.5. The van der Waals surface area contributed by atoms with Crippen molar-refractivity contribution in [2.75, 3.05) is 13.6 Å². The van der Waals surface area contributed by atoms with Crippen LogP contribution in [0, 0.1) is 0 Å². The minimum absolute atomic E-state index is 0.0270. The lowest BCUT2D eigenvalue weighted by atomic mass is 10.0. The maximum atomic E-state index is 12.2. The van der Waals surface area contributed by atoms with E-state index in [0.717, 1.165) is 31.4 Å². The van der Waals surface area contributed by atoms with Crippen molar-refractivity contribution >= 4 is 5.91 Å². The molecule has 0 spiro atoms. The van der Waals surface area contributed by atoms with Gasteiger partial charge in [-0.25, -0.2) is 0 Å². The minimum Gasteiger partial charge on any atom is -0.508 e. The highest BCUT2D eigenvalue weighted by Crippen LogP contribution is 2.13. The third-order valence-corrected chi connectivity index (χ3v) is 3.34. The second-order valence-corrected chi connectivity index (χ2v) is 4.86. The summed E-state index contributed by atoms with van der Waals surface area (Å²) >= 11 is 0. The molecule has 1 aliphatic heterocycles. The van der Waals surface area contributed by atoms with Crippen molar-refractivity contribution in [3.63, 3.8) is 0 Å². The average molecular weight is 248 g/mol. The first-order valence-electron chi connectivity index (χ1n) is 6.43. The molecular formula is C14H20N2O2. The molecule has 1 amide bonds. The van der Waals surface area contributed by atoms with E-state index in [1.165, 1.54) is 0 Å². The molecule has 0 radical (unpaired) electrons. The van der Waals surface area contributed by atoms with Gasteiger partial charge in [-0.2, -0.15) is 0 Å². The van der Waals surface area contributed by atoms with Gasteiger partial charge in [-0.15, -0.1) is 0 Å². The van der Waals surface area contributed by atoms with Crippen molar-refractivity contribution in [3.8, 4) is 5.75 Å². The van der Waals surface area contributed by atoms with Crippen LogP contribution in [0.25, 0.3) is 0 Å². The molecular weight excluding hydrogens is 228 g/mol. The zero-order chi connectivity index (χ0) is 13.0. The van der Waals surface area contributed by atoms with Crippen molar-refractivity contribution in [2.45, 2.75) is 31.8 Å². The molecule has 0 bridgehead atoms. The summed E-state index contributed by atoms with van der Waals surface area (Å²) in [6.07, 6.45) is 3.21. The van der Waals surface area contributed by atoms with Crippen molar-refractivity contribution in [1.82, 2.24) is 10.2 Å². The van der Waals surface area contributed by atoms with Gasteiger partial charge in [0.25, 0.3) is 0 Å².